The smallest absolute Gasteiger partial charge is 0.227 e. The van der Waals surface area contributed by atoms with Crippen LogP contribution in [0.25, 0.3) is 5.65 Å². The summed E-state index contributed by atoms with van der Waals surface area (Å²) < 4.78 is 2.66. The molecule has 0 bridgehead atoms. The van der Waals surface area contributed by atoms with Crippen LogP contribution in [0.4, 0.5) is 5.82 Å². The number of nitrogens with zero attached hydrogens (tertiary/aromatic N) is 6. The zero-order chi connectivity index (χ0) is 17.9. The highest BCUT2D eigenvalue weighted by Gasteiger charge is 2.21. The van der Waals surface area contributed by atoms with Crippen molar-refractivity contribution in [3.8, 4) is 0 Å². The average Bonchev–Trinajstić information content (AvgIpc) is 2.98. The second-order valence-electron chi connectivity index (χ2n) is 6.31. The van der Waals surface area contributed by atoms with E-state index >= 15 is 0 Å². The molecule has 26 heavy (non-hydrogen) atoms. The maximum atomic E-state index is 12.7. The number of benzene rings is 1. The van der Waals surface area contributed by atoms with Crippen molar-refractivity contribution in [2.24, 2.45) is 0 Å². The molecule has 0 saturated carbocycles. The molecule has 0 radical (unpaired) electrons. The van der Waals surface area contributed by atoms with Gasteiger partial charge in [-0.2, -0.15) is 4.52 Å². The highest BCUT2D eigenvalue weighted by Crippen LogP contribution is 2.18. The summed E-state index contributed by atoms with van der Waals surface area (Å²) in [5.41, 5.74) is 1.76. The molecule has 1 aromatic carbocycles. The Balaban J connectivity index is 1.42. The topological polar surface area (TPSA) is 66.6 Å². The van der Waals surface area contributed by atoms with Crippen molar-refractivity contribution in [1.29, 1.82) is 0 Å². The van der Waals surface area contributed by atoms with Crippen molar-refractivity contribution in [3.05, 3.63) is 52.8 Å². The minimum atomic E-state index is 0.168. The Morgan fingerprint density at radius 3 is 2.85 bits per heavy atom. The summed E-state index contributed by atoms with van der Waals surface area (Å²) in [5.74, 6) is 1.05. The van der Waals surface area contributed by atoms with Crippen molar-refractivity contribution in [1.82, 2.24) is 24.7 Å². The number of aromatic nitrogens is 4. The van der Waals surface area contributed by atoms with E-state index in [9.17, 15) is 4.79 Å². The van der Waals surface area contributed by atoms with Gasteiger partial charge in [-0.3, -0.25) is 4.79 Å². The number of fused-ring (bicyclic) bond motifs is 1. The first-order valence-electron chi connectivity index (χ1n) is 8.64. The lowest BCUT2D eigenvalue weighted by Gasteiger charge is -2.23. The first-order chi connectivity index (χ1) is 12.7. The van der Waals surface area contributed by atoms with E-state index in [1.54, 1.807) is 10.8 Å². The summed E-state index contributed by atoms with van der Waals surface area (Å²) in [6.45, 7) is 3.11. The van der Waals surface area contributed by atoms with Gasteiger partial charge in [-0.15, -0.1) is 15.3 Å². The normalized spacial score (nSPS) is 15.3. The van der Waals surface area contributed by atoms with E-state index in [0.29, 0.717) is 13.0 Å². The molecule has 1 saturated heterocycles. The van der Waals surface area contributed by atoms with Gasteiger partial charge >= 0.3 is 0 Å². The van der Waals surface area contributed by atoms with E-state index < -0.39 is 0 Å². The quantitative estimate of drug-likeness (QED) is 0.656. The van der Waals surface area contributed by atoms with Gasteiger partial charge in [0.15, 0.2) is 5.65 Å². The van der Waals surface area contributed by atoms with Crippen molar-refractivity contribution in [2.75, 3.05) is 31.1 Å². The fourth-order valence-electron chi connectivity index (χ4n) is 3.20. The molecular weight excluding hydrogens is 396 g/mol. The molecule has 1 aliphatic rings. The van der Waals surface area contributed by atoms with E-state index in [-0.39, 0.29) is 5.91 Å². The van der Waals surface area contributed by atoms with Crippen molar-refractivity contribution >= 4 is 33.3 Å². The molecule has 3 heterocycles. The van der Waals surface area contributed by atoms with Gasteiger partial charge in [-0.25, -0.2) is 0 Å². The predicted molar refractivity (Wildman–Crippen MR) is 102 cm³/mol. The van der Waals surface area contributed by atoms with E-state index in [4.69, 9.17) is 0 Å². The summed E-state index contributed by atoms with van der Waals surface area (Å²) in [6.07, 6.45) is 2.94. The fraction of sp³-hybridized carbons (Fsp3) is 0.333. The standard InChI is InChI=1S/C18H19BrN6O/c19-15-5-2-1-4-14(15)12-18(26)24-9-3-8-23(10-11-24)17-7-6-16-21-20-13-25(16)22-17/h1-2,4-7,13H,3,8-12H2. The van der Waals surface area contributed by atoms with Crippen molar-refractivity contribution in [3.63, 3.8) is 0 Å². The molecule has 4 rings (SSSR count). The number of anilines is 1. The molecule has 7 nitrogen and oxygen atoms in total. The van der Waals surface area contributed by atoms with E-state index in [2.05, 4.69) is 36.1 Å². The first kappa shape index (κ1) is 17.0. The Morgan fingerprint density at radius 1 is 1.08 bits per heavy atom. The molecule has 8 heteroatoms. The zero-order valence-corrected chi connectivity index (χ0v) is 15.8. The lowest BCUT2D eigenvalue weighted by molar-refractivity contribution is -0.130. The Kier molecular flexibility index (Phi) is 4.83. The largest absolute Gasteiger partial charge is 0.353 e. The van der Waals surface area contributed by atoms with Crippen molar-refractivity contribution in [2.45, 2.75) is 12.8 Å². The Hall–Kier alpha value is -2.48. The first-order valence-corrected chi connectivity index (χ1v) is 9.43. The van der Waals surface area contributed by atoms with Crippen LogP contribution < -0.4 is 4.90 Å². The van der Waals surface area contributed by atoms with Crippen LogP contribution in [0.5, 0.6) is 0 Å². The molecule has 0 spiro atoms. The maximum Gasteiger partial charge on any atom is 0.227 e. The minimum Gasteiger partial charge on any atom is -0.353 e. The molecular formula is C18H19BrN6O. The van der Waals surface area contributed by atoms with E-state index in [1.807, 2.05) is 41.3 Å². The SMILES string of the molecule is O=C(Cc1ccccc1Br)N1CCCN(c2ccc3nncn3n2)CC1. The number of hydrogen-bond donors (Lipinski definition) is 0. The Morgan fingerprint density at radius 2 is 1.96 bits per heavy atom. The minimum absolute atomic E-state index is 0.168. The van der Waals surface area contributed by atoms with Crippen LogP contribution in [0.3, 0.4) is 0 Å². The van der Waals surface area contributed by atoms with Gasteiger partial charge in [0.05, 0.1) is 6.42 Å². The fourth-order valence-corrected chi connectivity index (χ4v) is 3.62. The number of rotatable bonds is 3. The number of hydrogen-bond acceptors (Lipinski definition) is 5. The highest BCUT2D eigenvalue weighted by molar-refractivity contribution is 9.10. The molecule has 0 N–H and O–H groups in total. The zero-order valence-electron chi connectivity index (χ0n) is 14.3. The molecule has 134 valence electrons. The summed E-state index contributed by atoms with van der Waals surface area (Å²) in [4.78, 5) is 16.9. The van der Waals surface area contributed by atoms with Crippen LogP contribution >= 0.6 is 15.9 Å². The third-order valence-electron chi connectivity index (χ3n) is 4.62. The van der Waals surface area contributed by atoms with E-state index in [0.717, 1.165) is 47.6 Å². The summed E-state index contributed by atoms with van der Waals surface area (Å²) in [6, 6.07) is 11.8. The van der Waals surface area contributed by atoms with Gasteiger partial charge in [0.1, 0.15) is 12.1 Å². The average molecular weight is 415 g/mol. The van der Waals surface area contributed by atoms with Crippen LogP contribution in [-0.2, 0) is 11.2 Å². The molecule has 1 aliphatic heterocycles. The molecule has 2 aromatic heterocycles. The van der Waals surface area contributed by atoms with Gasteiger partial charge in [0.2, 0.25) is 5.91 Å². The monoisotopic (exact) mass is 414 g/mol. The number of amides is 1. The molecule has 0 unspecified atom stereocenters. The van der Waals surface area contributed by atoms with Crippen molar-refractivity contribution < 1.29 is 4.79 Å². The third-order valence-corrected chi connectivity index (χ3v) is 5.39. The van der Waals surface area contributed by atoms with Gasteiger partial charge in [-0.05, 0) is 30.2 Å². The van der Waals surface area contributed by atoms with Gasteiger partial charge in [0, 0.05) is 30.7 Å². The maximum absolute atomic E-state index is 12.7. The van der Waals surface area contributed by atoms with Gasteiger partial charge < -0.3 is 9.80 Å². The second kappa shape index (κ2) is 7.41. The number of carbonyl (C=O) groups is 1. The second-order valence-corrected chi connectivity index (χ2v) is 7.17. The Bertz CT molecular complexity index is 927. The molecule has 3 aromatic rings. The van der Waals surface area contributed by atoms with Crippen LogP contribution in [0.2, 0.25) is 0 Å². The van der Waals surface area contributed by atoms with Crippen LogP contribution in [0.15, 0.2) is 47.2 Å². The highest BCUT2D eigenvalue weighted by atomic mass is 79.9. The lowest BCUT2D eigenvalue weighted by atomic mass is 10.1. The van der Waals surface area contributed by atoms with Gasteiger partial charge in [0.25, 0.3) is 0 Å². The number of carbonyl (C=O) groups excluding carboxylic acids is 1. The molecule has 1 fully saturated rings. The van der Waals surface area contributed by atoms with Crippen LogP contribution in [0.1, 0.15) is 12.0 Å². The van der Waals surface area contributed by atoms with E-state index in [1.165, 1.54) is 0 Å². The number of halogens is 1. The van der Waals surface area contributed by atoms with Crippen LogP contribution in [0, 0.1) is 0 Å². The third kappa shape index (κ3) is 3.55. The summed E-state index contributed by atoms with van der Waals surface area (Å²) in [5, 5.41) is 12.4. The Labute approximate surface area is 159 Å². The lowest BCUT2D eigenvalue weighted by Crippen LogP contribution is -2.36. The summed E-state index contributed by atoms with van der Waals surface area (Å²) in [7, 11) is 0. The van der Waals surface area contributed by atoms with Crippen LogP contribution in [-0.4, -0.2) is 56.8 Å². The molecule has 1 amide bonds. The predicted octanol–water partition coefficient (Wildman–Crippen LogP) is 2.17. The molecule has 0 atom stereocenters. The molecule has 0 aliphatic carbocycles. The van der Waals surface area contributed by atoms with Gasteiger partial charge in [-0.1, -0.05) is 34.1 Å². The summed E-state index contributed by atoms with van der Waals surface area (Å²) >= 11 is 3.52.